The number of thiazole rings is 1. The largest absolute Gasteiger partial charge is 0.476 e. The second-order valence-electron chi connectivity index (χ2n) is 3.85. The van der Waals surface area contributed by atoms with Crippen LogP contribution < -0.4 is 10.5 Å². The number of anilines is 1. The van der Waals surface area contributed by atoms with Crippen molar-refractivity contribution in [2.75, 3.05) is 5.32 Å². The van der Waals surface area contributed by atoms with E-state index in [2.05, 4.69) is 10.3 Å². The molecule has 2 rings (SSSR count). The standard InChI is InChI=1S/C11H11N3O4S2/c12-20(17,18)8-3-1-7(2-4-8)13-5-10-14-9(6-19-10)11(15)16/h1-4,6,13H,5H2,(H,15,16)(H2,12,17,18). The Hall–Kier alpha value is -1.97. The van der Waals surface area contributed by atoms with Gasteiger partial charge < -0.3 is 10.4 Å². The van der Waals surface area contributed by atoms with E-state index in [1.165, 1.54) is 28.8 Å². The maximum atomic E-state index is 11.1. The highest BCUT2D eigenvalue weighted by Crippen LogP contribution is 2.15. The zero-order valence-electron chi connectivity index (χ0n) is 10.1. The number of aromatic carboxylic acids is 1. The molecule has 0 amide bonds. The highest BCUT2D eigenvalue weighted by molar-refractivity contribution is 7.89. The van der Waals surface area contributed by atoms with Crippen molar-refractivity contribution in [3.63, 3.8) is 0 Å². The summed E-state index contributed by atoms with van der Waals surface area (Å²) in [6.45, 7) is 0.354. The van der Waals surface area contributed by atoms with Crippen molar-refractivity contribution in [1.82, 2.24) is 4.98 Å². The van der Waals surface area contributed by atoms with E-state index >= 15 is 0 Å². The molecule has 1 heterocycles. The summed E-state index contributed by atoms with van der Waals surface area (Å²) >= 11 is 1.23. The van der Waals surface area contributed by atoms with E-state index in [1.807, 2.05) is 0 Å². The normalized spacial score (nSPS) is 11.2. The van der Waals surface area contributed by atoms with Gasteiger partial charge in [0, 0.05) is 11.1 Å². The van der Waals surface area contributed by atoms with E-state index < -0.39 is 16.0 Å². The summed E-state index contributed by atoms with van der Waals surface area (Å²) in [5.41, 5.74) is 0.695. The molecular formula is C11H11N3O4S2. The highest BCUT2D eigenvalue weighted by Gasteiger charge is 2.09. The Morgan fingerprint density at radius 3 is 2.50 bits per heavy atom. The molecule has 0 atom stereocenters. The number of carboxylic acids is 1. The molecule has 9 heteroatoms. The molecule has 0 unspecified atom stereocenters. The Kier molecular flexibility index (Phi) is 4.02. The summed E-state index contributed by atoms with van der Waals surface area (Å²) in [5.74, 6) is -1.06. The number of hydrogen-bond donors (Lipinski definition) is 3. The average molecular weight is 313 g/mol. The van der Waals surface area contributed by atoms with Gasteiger partial charge in [-0.15, -0.1) is 11.3 Å². The zero-order valence-corrected chi connectivity index (χ0v) is 11.7. The Balaban J connectivity index is 2.02. The monoisotopic (exact) mass is 313 g/mol. The van der Waals surface area contributed by atoms with Gasteiger partial charge in [-0.1, -0.05) is 0 Å². The molecule has 0 aliphatic heterocycles. The molecule has 0 saturated carbocycles. The maximum absolute atomic E-state index is 11.1. The third-order valence-corrected chi connectivity index (χ3v) is 4.18. The molecule has 2 aromatic rings. The molecule has 1 aromatic heterocycles. The van der Waals surface area contributed by atoms with Crippen molar-refractivity contribution in [1.29, 1.82) is 0 Å². The van der Waals surface area contributed by atoms with Crippen LogP contribution in [-0.2, 0) is 16.6 Å². The van der Waals surface area contributed by atoms with E-state index in [1.54, 1.807) is 12.1 Å². The van der Waals surface area contributed by atoms with Crippen molar-refractivity contribution < 1.29 is 18.3 Å². The number of hydrogen-bond acceptors (Lipinski definition) is 6. The molecule has 0 aliphatic carbocycles. The molecule has 4 N–H and O–H groups in total. The molecule has 0 aliphatic rings. The van der Waals surface area contributed by atoms with Crippen LogP contribution in [0.3, 0.4) is 0 Å². The third-order valence-electron chi connectivity index (χ3n) is 2.40. The first-order chi connectivity index (χ1) is 9.36. The van der Waals surface area contributed by atoms with Crippen molar-refractivity contribution in [3.05, 3.63) is 40.3 Å². The summed E-state index contributed by atoms with van der Waals surface area (Å²) < 4.78 is 22.2. The van der Waals surface area contributed by atoms with Crippen LogP contribution >= 0.6 is 11.3 Å². The van der Waals surface area contributed by atoms with Crippen LogP contribution in [0, 0.1) is 0 Å². The zero-order chi connectivity index (χ0) is 14.8. The fourth-order valence-electron chi connectivity index (χ4n) is 1.43. The lowest BCUT2D eigenvalue weighted by Crippen LogP contribution is -2.12. The topological polar surface area (TPSA) is 122 Å². The SMILES string of the molecule is NS(=O)(=O)c1ccc(NCc2nc(C(=O)O)cs2)cc1. The molecular weight excluding hydrogens is 302 g/mol. The van der Waals surface area contributed by atoms with Crippen LogP contribution in [0.4, 0.5) is 5.69 Å². The van der Waals surface area contributed by atoms with Gasteiger partial charge in [-0.05, 0) is 24.3 Å². The predicted octanol–water partition coefficient (Wildman–Crippen LogP) is 1.10. The van der Waals surface area contributed by atoms with E-state index in [-0.39, 0.29) is 10.6 Å². The number of rotatable bonds is 5. The number of nitrogens with two attached hydrogens (primary N) is 1. The van der Waals surface area contributed by atoms with Crippen molar-refractivity contribution in [3.8, 4) is 0 Å². The molecule has 1 aromatic carbocycles. The number of aromatic nitrogens is 1. The molecule has 106 valence electrons. The van der Waals surface area contributed by atoms with E-state index in [0.717, 1.165) is 0 Å². The van der Waals surface area contributed by atoms with Gasteiger partial charge in [0.2, 0.25) is 10.0 Å². The summed E-state index contributed by atoms with van der Waals surface area (Å²) in [7, 11) is -3.70. The fourth-order valence-corrected chi connectivity index (χ4v) is 2.65. The number of nitrogens with one attached hydrogen (secondary N) is 1. The van der Waals surface area contributed by atoms with Crippen LogP contribution in [0.1, 0.15) is 15.5 Å². The molecule has 0 radical (unpaired) electrons. The lowest BCUT2D eigenvalue weighted by molar-refractivity contribution is 0.0691. The summed E-state index contributed by atoms with van der Waals surface area (Å²) in [6, 6.07) is 5.93. The Morgan fingerprint density at radius 1 is 1.35 bits per heavy atom. The van der Waals surface area contributed by atoms with Gasteiger partial charge >= 0.3 is 5.97 Å². The molecule has 0 saturated heterocycles. The quantitative estimate of drug-likeness (QED) is 0.759. The first kappa shape index (κ1) is 14.4. The van der Waals surface area contributed by atoms with Crippen LogP contribution in [0.15, 0.2) is 34.5 Å². The maximum Gasteiger partial charge on any atom is 0.355 e. The lowest BCUT2D eigenvalue weighted by Gasteiger charge is -2.05. The number of benzene rings is 1. The number of sulfonamides is 1. The van der Waals surface area contributed by atoms with Crippen LogP contribution in [-0.4, -0.2) is 24.5 Å². The Bertz CT molecular complexity index is 722. The first-order valence-corrected chi connectivity index (χ1v) is 7.83. The Labute approximate surface area is 119 Å². The first-order valence-electron chi connectivity index (χ1n) is 5.41. The number of primary sulfonamides is 1. The van der Waals surface area contributed by atoms with Gasteiger partial charge in [0.1, 0.15) is 5.01 Å². The minimum absolute atomic E-state index is 0.0105. The van der Waals surface area contributed by atoms with Crippen LogP contribution in [0.5, 0.6) is 0 Å². The molecule has 20 heavy (non-hydrogen) atoms. The minimum atomic E-state index is -3.70. The number of carbonyl (C=O) groups is 1. The number of nitrogens with zero attached hydrogens (tertiary/aromatic N) is 1. The van der Waals surface area contributed by atoms with Crippen molar-refractivity contribution in [2.45, 2.75) is 11.4 Å². The highest BCUT2D eigenvalue weighted by atomic mass is 32.2. The second kappa shape index (κ2) is 5.57. The van der Waals surface area contributed by atoms with E-state index in [9.17, 15) is 13.2 Å². The summed E-state index contributed by atoms with van der Waals surface area (Å²) in [4.78, 5) is 14.6. The van der Waals surface area contributed by atoms with Gasteiger partial charge in [-0.3, -0.25) is 0 Å². The van der Waals surface area contributed by atoms with Gasteiger partial charge in [0.15, 0.2) is 5.69 Å². The second-order valence-corrected chi connectivity index (χ2v) is 6.36. The van der Waals surface area contributed by atoms with Crippen molar-refractivity contribution >= 4 is 33.0 Å². The lowest BCUT2D eigenvalue weighted by atomic mass is 10.3. The summed E-state index contributed by atoms with van der Waals surface area (Å²) in [5, 5.41) is 18.8. The van der Waals surface area contributed by atoms with Crippen LogP contribution in [0.2, 0.25) is 0 Å². The fraction of sp³-hybridized carbons (Fsp3) is 0.0909. The van der Waals surface area contributed by atoms with Gasteiger partial charge in [0.05, 0.1) is 11.4 Å². The number of carboxylic acid groups (broad SMARTS) is 1. The van der Waals surface area contributed by atoms with Crippen LogP contribution in [0.25, 0.3) is 0 Å². The predicted molar refractivity (Wildman–Crippen MR) is 74.2 cm³/mol. The molecule has 0 fully saturated rings. The van der Waals surface area contributed by atoms with Gasteiger partial charge in [-0.25, -0.2) is 23.3 Å². The Morgan fingerprint density at radius 2 is 2.00 bits per heavy atom. The molecule has 0 bridgehead atoms. The van der Waals surface area contributed by atoms with Gasteiger partial charge in [-0.2, -0.15) is 0 Å². The third kappa shape index (κ3) is 3.53. The average Bonchev–Trinajstić information content (AvgIpc) is 2.85. The minimum Gasteiger partial charge on any atom is -0.476 e. The van der Waals surface area contributed by atoms with Gasteiger partial charge in [0.25, 0.3) is 0 Å². The smallest absolute Gasteiger partial charge is 0.355 e. The van der Waals surface area contributed by atoms with Crippen molar-refractivity contribution in [2.24, 2.45) is 5.14 Å². The molecule has 7 nitrogen and oxygen atoms in total. The molecule has 0 spiro atoms. The van der Waals surface area contributed by atoms with E-state index in [0.29, 0.717) is 17.2 Å². The summed E-state index contributed by atoms with van der Waals surface area (Å²) in [6.07, 6.45) is 0. The van der Waals surface area contributed by atoms with E-state index in [4.69, 9.17) is 10.2 Å².